The van der Waals surface area contributed by atoms with Crippen molar-refractivity contribution in [3.8, 4) is 0 Å². The van der Waals surface area contributed by atoms with Gasteiger partial charge in [-0.2, -0.15) is 0 Å². The average molecular weight is 333 g/mol. The second-order valence-electron chi connectivity index (χ2n) is 4.57. The third-order valence-electron chi connectivity index (χ3n) is 3.18. The van der Waals surface area contributed by atoms with Crippen LogP contribution in [0.1, 0.15) is 32.1 Å². The summed E-state index contributed by atoms with van der Waals surface area (Å²) in [7, 11) is -3.45. The largest absolute Gasteiger partial charge is 0.263 e. The predicted molar refractivity (Wildman–Crippen MR) is 74.1 cm³/mol. The standard InChI is InChI=1S/C12H17BrN2O2S/c13-11-6-2-1-3-7-12(11)15-18(16,17)10-5-4-8-14-9-10/h4-5,8-9,11-12,15H,1-3,6-7H2. The minimum atomic E-state index is -3.45. The Hall–Kier alpha value is -0.460. The van der Waals surface area contributed by atoms with Gasteiger partial charge in [0.15, 0.2) is 0 Å². The summed E-state index contributed by atoms with van der Waals surface area (Å²) in [5.74, 6) is 0. The van der Waals surface area contributed by atoms with Crippen molar-refractivity contribution in [2.45, 2.75) is 47.9 Å². The summed E-state index contributed by atoms with van der Waals surface area (Å²) < 4.78 is 27.2. The monoisotopic (exact) mass is 332 g/mol. The van der Waals surface area contributed by atoms with Gasteiger partial charge in [0, 0.05) is 23.3 Å². The fourth-order valence-electron chi connectivity index (χ4n) is 2.17. The van der Waals surface area contributed by atoms with E-state index in [2.05, 4.69) is 25.6 Å². The highest BCUT2D eigenvalue weighted by atomic mass is 79.9. The number of hydrogen-bond donors (Lipinski definition) is 1. The second kappa shape index (κ2) is 6.12. The minimum Gasteiger partial charge on any atom is -0.263 e. The van der Waals surface area contributed by atoms with Crippen LogP contribution in [0.4, 0.5) is 0 Å². The Morgan fingerprint density at radius 3 is 2.78 bits per heavy atom. The third kappa shape index (κ3) is 3.52. The molecule has 6 heteroatoms. The lowest BCUT2D eigenvalue weighted by Gasteiger charge is -2.21. The van der Waals surface area contributed by atoms with Crippen LogP contribution >= 0.6 is 15.9 Å². The normalized spacial score (nSPS) is 25.6. The van der Waals surface area contributed by atoms with Crippen LogP contribution in [0.5, 0.6) is 0 Å². The van der Waals surface area contributed by atoms with E-state index in [9.17, 15) is 8.42 Å². The van der Waals surface area contributed by atoms with Crippen LogP contribution in [0.25, 0.3) is 0 Å². The molecule has 0 radical (unpaired) electrons. The summed E-state index contributed by atoms with van der Waals surface area (Å²) >= 11 is 3.59. The van der Waals surface area contributed by atoms with E-state index in [0.717, 1.165) is 25.7 Å². The molecule has 1 aliphatic rings. The van der Waals surface area contributed by atoms with Gasteiger partial charge in [-0.05, 0) is 25.0 Å². The molecule has 1 saturated carbocycles. The first-order valence-corrected chi connectivity index (χ1v) is 8.56. The second-order valence-corrected chi connectivity index (χ2v) is 7.46. The van der Waals surface area contributed by atoms with Crippen molar-refractivity contribution in [1.29, 1.82) is 0 Å². The summed E-state index contributed by atoms with van der Waals surface area (Å²) in [4.78, 5) is 4.30. The van der Waals surface area contributed by atoms with Crippen LogP contribution < -0.4 is 4.72 Å². The minimum absolute atomic E-state index is 0.0299. The van der Waals surface area contributed by atoms with Gasteiger partial charge < -0.3 is 0 Å². The van der Waals surface area contributed by atoms with E-state index in [1.165, 1.54) is 12.6 Å². The van der Waals surface area contributed by atoms with Crippen LogP contribution in [0.15, 0.2) is 29.4 Å². The molecule has 2 unspecified atom stereocenters. The molecule has 2 atom stereocenters. The number of aromatic nitrogens is 1. The molecule has 1 aromatic heterocycles. The Kier molecular flexibility index (Phi) is 4.75. The smallest absolute Gasteiger partial charge is 0.242 e. The van der Waals surface area contributed by atoms with Crippen LogP contribution in [0.2, 0.25) is 0 Å². The van der Waals surface area contributed by atoms with Crippen LogP contribution in [-0.4, -0.2) is 24.3 Å². The number of alkyl halides is 1. The topological polar surface area (TPSA) is 59.1 Å². The quantitative estimate of drug-likeness (QED) is 0.683. The number of rotatable bonds is 3. The van der Waals surface area contributed by atoms with Crippen molar-refractivity contribution >= 4 is 26.0 Å². The van der Waals surface area contributed by atoms with Gasteiger partial charge in [0.1, 0.15) is 4.90 Å². The maximum absolute atomic E-state index is 12.2. The summed E-state index contributed by atoms with van der Waals surface area (Å²) in [5.41, 5.74) is 0. The number of hydrogen-bond acceptors (Lipinski definition) is 3. The number of halogens is 1. The zero-order valence-electron chi connectivity index (χ0n) is 10.0. The molecule has 100 valence electrons. The molecule has 1 N–H and O–H groups in total. The Labute approximate surface area is 116 Å². The van der Waals surface area contributed by atoms with Gasteiger partial charge in [0.2, 0.25) is 10.0 Å². The molecule has 4 nitrogen and oxygen atoms in total. The SMILES string of the molecule is O=S(=O)(NC1CCCCCC1Br)c1cccnc1. The molecule has 0 bridgehead atoms. The zero-order chi connectivity index (χ0) is 13.0. The van der Waals surface area contributed by atoms with E-state index in [0.29, 0.717) is 0 Å². The maximum atomic E-state index is 12.2. The van der Waals surface area contributed by atoms with Gasteiger partial charge in [-0.15, -0.1) is 0 Å². The Bertz CT molecular complexity index is 478. The highest BCUT2D eigenvalue weighted by Crippen LogP contribution is 2.25. The molecule has 1 heterocycles. The average Bonchev–Trinajstić information content (AvgIpc) is 2.56. The lowest BCUT2D eigenvalue weighted by molar-refractivity contribution is 0.520. The van der Waals surface area contributed by atoms with Crippen molar-refractivity contribution in [1.82, 2.24) is 9.71 Å². The Morgan fingerprint density at radius 1 is 1.28 bits per heavy atom. The van der Waals surface area contributed by atoms with Crippen molar-refractivity contribution < 1.29 is 8.42 Å². The van der Waals surface area contributed by atoms with E-state index in [4.69, 9.17) is 0 Å². The van der Waals surface area contributed by atoms with Crippen LogP contribution in [0.3, 0.4) is 0 Å². The number of nitrogens with one attached hydrogen (secondary N) is 1. The first-order valence-electron chi connectivity index (χ1n) is 6.16. The lowest BCUT2D eigenvalue weighted by Crippen LogP contribution is -2.40. The summed E-state index contributed by atoms with van der Waals surface area (Å²) in [6.45, 7) is 0. The van der Waals surface area contributed by atoms with E-state index < -0.39 is 10.0 Å². The molecule has 0 amide bonds. The molecule has 0 saturated heterocycles. The van der Waals surface area contributed by atoms with E-state index in [1.807, 2.05) is 0 Å². The molecule has 0 aromatic carbocycles. The molecule has 1 fully saturated rings. The highest BCUT2D eigenvalue weighted by Gasteiger charge is 2.26. The van der Waals surface area contributed by atoms with Crippen molar-refractivity contribution in [2.75, 3.05) is 0 Å². The van der Waals surface area contributed by atoms with Gasteiger partial charge in [0.25, 0.3) is 0 Å². The van der Waals surface area contributed by atoms with Crippen LogP contribution in [0, 0.1) is 0 Å². The van der Waals surface area contributed by atoms with Gasteiger partial charge in [-0.25, -0.2) is 13.1 Å². The number of pyridine rings is 1. The Morgan fingerprint density at radius 2 is 2.06 bits per heavy atom. The number of nitrogens with zero attached hydrogens (tertiary/aromatic N) is 1. The molecule has 1 aliphatic carbocycles. The van der Waals surface area contributed by atoms with E-state index in [-0.39, 0.29) is 15.8 Å². The molecule has 0 aliphatic heterocycles. The Balaban J connectivity index is 2.12. The van der Waals surface area contributed by atoms with Gasteiger partial charge in [-0.1, -0.05) is 35.2 Å². The fraction of sp³-hybridized carbons (Fsp3) is 0.583. The molecule has 18 heavy (non-hydrogen) atoms. The van der Waals surface area contributed by atoms with Gasteiger partial charge in [0.05, 0.1) is 0 Å². The molecule has 1 aromatic rings. The highest BCUT2D eigenvalue weighted by molar-refractivity contribution is 9.09. The van der Waals surface area contributed by atoms with Crippen molar-refractivity contribution in [3.05, 3.63) is 24.5 Å². The third-order valence-corrected chi connectivity index (χ3v) is 5.75. The molecule has 0 spiro atoms. The first-order chi connectivity index (χ1) is 8.59. The lowest BCUT2D eigenvalue weighted by atomic mass is 10.1. The number of sulfonamides is 1. The van der Waals surface area contributed by atoms with Crippen LogP contribution in [-0.2, 0) is 10.0 Å². The van der Waals surface area contributed by atoms with E-state index in [1.54, 1.807) is 18.3 Å². The van der Waals surface area contributed by atoms with Gasteiger partial charge >= 0.3 is 0 Å². The zero-order valence-corrected chi connectivity index (χ0v) is 12.5. The summed E-state index contributed by atoms with van der Waals surface area (Å²) in [6.07, 6.45) is 8.24. The van der Waals surface area contributed by atoms with Gasteiger partial charge in [-0.3, -0.25) is 4.98 Å². The van der Waals surface area contributed by atoms with E-state index >= 15 is 0 Å². The summed E-state index contributed by atoms with van der Waals surface area (Å²) in [5, 5.41) is 0. The molecular formula is C12H17BrN2O2S. The first kappa shape index (κ1) is 14.0. The molecular weight excluding hydrogens is 316 g/mol. The summed E-state index contributed by atoms with van der Waals surface area (Å²) in [6, 6.07) is 3.17. The maximum Gasteiger partial charge on any atom is 0.242 e. The van der Waals surface area contributed by atoms with Crippen molar-refractivity contribution in [3.63, 3.8) is 0 Å². The predicted octanol–water partition coefficient (Wildman–Crippen LogP) is 2.46. The van der Waals surface area contributed by atoms with Crippen molar-refractivity contribution in [2.24, 2.45) is 0 Å². The fourth-order valence-corrected chi connectivity index (χ4v) is 4.34. The molecule has 2 rings (SSSR count).